The molecule has 17 rings (SSSR count). The van der Waals surface area contributed by atoms with Gasteiger partial charge in [-0.2, -0.15) is 5.26 Å². The maximum absolute atomic E-state index is 10.9. The van der Waals surface area contributed by atoms with Crippen molar-refractivity contribution in [2.75, 3.05) is 0 Å². The fourth-order valence-corrected chi connectivity index (χ4v) is 14.0. The van der Waals surface area contributed by atoms with Crippen molar-refractivity contribution >= 4 is 55.0 Å². The van der Waals surface area contributed by atoms with Crippen LogP contribution < -0.4 is 0 Å². The summed E-state index contributed by atoms with van der Waals surface area (Å²) in [6, 6.07) is 115. The molecule has 0 amide bonds. The van der Waals surface area contributed by atoms with E-state index in [9.17, 15) is 5.26 Å². The third-order valence-electron chi connectivity index (χ3n) is 18.7. The zero-order chi connectivity index (χ0) is 65.6. The first kappa shape index (κ1) is 58.0. The summed E-state index contributed by atoms with van der Waals surface area (Å²) in [5.41, 5.74) is 22.7. The quantitative estimate of drug-likeness (QED) is 0.114. The zero-order valence-corrected chi connectivity index (χ0v) is 52.8. The minimum atomic E-state index is 0.355. The maximum Gasteiger partial charge on any atom is 0.194 e. The van der Waals surface area contributed by atoms with Gasteiger partial charge >= 0.3 is 0 Å². The summed E-state index contributed by atoms with van der Waals surface area (Å²) in [4.78, 5) is 24.9. The summed E-state index contributed by atoms with van der Waals surface area (Å²) in [6.45, 7) is 16.8. The van der Waals surface area contributed by atoms with Crippen LogP contribution in [0.25, 0.3) is 177 Å². The van der Waals surface area contributed by atoms with Gasteiger partial charge in [0.2, 0.25) is 0 Å². The first-order valence-corrected chi connectivity index (χ1v) is 32.4. The van der Waals surface area contributed by atoms with Crippen molar-refractivity contribution in [1.29, 1.82) is 5.26 Å². The van der Waals surface area contributed by atoms with Crippen molar-refractivity contribution in [2.24, 2.45) is 0 Å². The van der Waals surface area contributed by atoms with Crippen LogP contribution in [0.2, 0.25) is 0 Å². The molecule has 0 aliphatic carbocycles. The molecule has 0 aliphatic rings. The lowest BCUT2D eigenvalue weighted by molar-refractivity contribution is 1.07. The molecule has 98 heavy (non-hydrogen) atoms. The highest BCUT2D eigenvalue weighted by molar-refractivity contribution is 6.13. The number of hydrogen-bond acceptors (Lipinski definition) is 4. The molecule has 8 heteroatoms. The lowest BCUT2D eigenvalue weighted by Crippen LogP contribution is -2.04. The molecule has 3 heterocycles. The molecule has 0 N–H and O–H groups in total. The molecule has 14 aromatic carbocycles. The van der Waals surface area contributed by atoms with Crippen LogP contribution in [0.15, 0.2) is 328 Å². The molecule has 0 radical (unpaired) electrons. The van der Waals surface area contributed by atoms with E-state index < -0.39 is 0 Å². The molecule has 17 aromatic rings. The number of para-hydroxylation sites is 2. The molecule has 0 saturated carbocycles. The molecule has 454 valence electrons. The van der Waals surface area contributed by atoms with Gasteiger partial charge in [0.15, 0.2) is 28.8 Å². The molecule has 8 nitrogen and oxygen atoms in total. The van der Waals surface area contributed by atoms with Gasteiger partial charge in [0, 0.05) is 55.2 Å². The van der Waals surface area contributed by atoms with Crippen LogP contribution >= 0.6 is 0 Å². The molecule has 0 bridgehead atoms. The van der Waals surface area contributed by atoms with Crippen molar-refractivity contribution < 1.29 is 0 Å². The Morgan fingerprint density at radius 2 is 0.602 bits per heavy atom. The number of nitriles is 1. The first-order chi connectivity index (χ1) is 48.4. The van der Waals surface area contributed by atoms with E-state index in [1.807, 2.05) is 121 Å². The highest BCUT2D eigenvalue weighted by Crippen LogP contribution is 2.45. The maximum atomic E-state index is 10.9. The van der Waals surface area contributed by atoms with Gasteiger partial charge in [0.1, 0.15) is 0 Å². The van der Waals surface area contributed by atoms with E-state index >= 15 is 0 Å². The molecular formula is C90H54N8. The Morgan fingerprint density at radius 1 is 0.255 bits per heavy atom. The van der Waals surface area contributed by atoms with Gasteiger partial charge in [0.05, 0.1) is 46.8 Å². The summed E-state index contributed by atoms with van der Waals surface area (Å²) in [6.07, 6.45) is 0. The van der Waals surface area contributed by atoms with Crippen LogP contribution in [0, 0.1) is 24.5 Å². The van der Waals surface area contributed by atoms with Crippen molar-refractivity contribution in [3.05, 3.63) is 356 Å². The van der Waals surface area contributed by atoms with E-state index in [0.29, 0.717) is 56.7 Å². The molecule has 0 unspecified atom stereocenters. The number of aromatic nitrogens is 5. The lowest BCUT2D eigenvalue weighted by Gasteiger charge is -2.18. The summed E-state index contributed by atoms with van der Waals surface area (Å²) in [5, 5.41) is 15.3. The van der Waals surface area contributed by atoms with Crippen LogP contribution in [0.1, 0.15) is 5.56 Å². The van der Waals surface area contributed by atoms with E-state index in [4.69, 9.17) is 28.1 Å². The van der Waals surface area contributed by atoms with E-state index in [1.165, 1.54) is 0 Å². The van der Waals surface area contributed by atoms with E-state index in [0.717, 1.165) is 127 Å². The largest absolute Gasteiger partial charge is 0.309 e. The van der Waals surface area contributed by atoms with Crippen molar-refractivity contribution in [3.8, 4) is 129 Å². The molecule has 0 saturated heterocycles. The highest BCUT2D eigenvalue weighted by atomic mass is 15.0. The number of rotatable bonds is 12. The smallest absolute Gasteiger partial charge is 0.194 e. The Balaban J connectivity index is 0.947. The van der Waals surface area contributed by atoms with E-state index in [-0.39, 0.29) is 0 Å². The highest BCUT2D eigenvalue weighted by Gasteiger charge is 2.25. The minimum absolute atomic E-state index is 0.355. The second-order valence-electron chi connectivity index (χ2n) is 24.3. The van der Waals surface area contributed by atoms with Crippen LogP contribution in [0.4, 0.5) is 11.4 Å². The fourth-order valence-electron chi connectivity index (χ4n) is 14.0. The topological polar surface area (TPSA) is 81.0 Å². The zero-order valence-electron chi connectivity index (χ0n) is 52.8. The number of nitrogens with zero attached hydrogens (tertiary/aromatic N) is 8. The second-order valence-corrected chi connectivity index (χ2v) is 24.3. The van der Waals surface area contributed by atoms with Crippen LogP contribution in [-0.4, -0.2) is 24.1 Å². The SMILES string of the molecule is [C-]#[N+]c1ccccc1-c1cccc(-c2nc(-c3cc(-n4c5ccc(-c6ccccc6)cc5c5cc(-c6ccccc6)ccc54)ccc3-c3ccccc3C#N)nc(-c3cc(-n4c5ccc(-c6ccccc6)cc5c5cc(-c6ccccc6)ccc54)ccc3-c3ccccc3[N+]#[C-])n2)c1. The lowest BCUT2D eigenvalue weighted by atomic mass is 9.94. The Hall–Kier alpha value is -13.8. The second kappa shape index (κ2) is 24.6. The van der Waals surface area contributed by atoms with Crippen LogP contribution in [-0.2, 0) is 0 Å². The summed E-state index contributed by atoms with van der Waals surface area (Å²) >= 11 is 0. The normalized spacial score (nSPS) is 11.2. The van der Waals surface area contributed by atoms with Gasteiger partial charge in [-0.3, -0.25) is 0 Å². The monoisotopic (exact) mass is 1250 g/mol. The van der Waals surface area contributed by atoms with Gasteiger partial charge in [-0.1, -0.05) is 243 Å². The summed E-state index contributed by atoms with van der Waals surface area (Å²) in [5.74, 6) is 1.09. The number of fused-ring (bicyclic) bond motifs is 6. The third-order valence-corrected chi connectivity index (χ3v) is 18.7. The van der Waals surface area contributed by atoms with Crippen LogP contribution in [0.5, 0.6) is 0 Å². The molecule has 0 spiro atoms. The first-order valence-electron chi connectivity index (χ1n) is 32.4. The van der Waals surface area contributed by atoms with Gasteiger partial charge in [0.25, 0.3) is 0 Å². The van der Waals surface area contributed by atoms with Crippen molar-refractivity contribution in [1.82, 2.24) is 24.1 Å². The predicted molar refractivity (Wildman–Crippen MR) is 400 cm³/mol. The predicted octanol–water partition coefficient (Wildman–Crippen LogP) is 23.7. The van der Waals surface area contributed by atoms with Crippen molar-refractivity contribution in [3.63, 3.8) is 0 Å². The molecule has 0 fully saturated rings. The summed E-state index contributed by atoms with van der Waals surface area (Å²) in [7, 11) is 0. The molecular weight excluding hydrogens is 1190 g/mol. The Kier molecular flexibility index (Phi) is 14.5. The molecule has 3 aromatic heterocycles. The molecule has 0 atom stereocenters. The van der Waals surface area contributed by atoms with Gasteiger partial charge in [-0.05, 0) is 157 Å². The van der Waals surface area contributed by atoms with Gasteiger partial charge < -0.3 is 9.13 Å². The van der Waals surface area contributed by atoms with Crippen molar-refractivity contribution in [2.45, 2.75) is 0 Å². The average molecular weight is 1250 g/mol. The van der Waals surface area contributed by atoms with E-state index in [2.05, 4.69) is 231 Å². The third kappa shape index (κ3) is 10.3. The summed E-state index contributed by atoms with van der Waals surface area (Å²) < 4.78 is 4.64. The fraction of sp³-hybridized carbons (Fsp3) is 0. The minimum Gasteiger partial charge on any atom is -0.309 e. The Morgan fingerprint density at radius 3 is 1.03 bits per heavy atom. The average Bonchev–Trinajstić information content (AvgIpc) is 1.54. The Labute approximate surface area is 566 Å². The number of hydrogen-bond donors (Lipinski definition) is 0. The number of benzene rings is 14. The van der Waals surface area contributed by atoms with Gasteiger partial charge in [-0.25, -0.2) is 24.6 Å². The van der Waals surface area contributed by atoms with Crippen LogP contribution in [0.3, 0.4) is 0 Å². The Bertz CT molecular complexity index is 5630. The van der Waals surface area contributed by atoms with E-state index in [1.54, 1.807) is 0 Å². The molecule has 0 aliphatic heterocycles. The van der Waals surface area contributed by atoms with Gasteiger partial charge in [-0.15, -0.1) is 0 Å². The standard InChI is InChI=1S/C90H54N8/c1-92-82-36-19-17-34-72(82)66-31-21-32-67(50-66)88-94-89(80-55-69(42-44-73(80)71-33-16-15-30-68(71)57-91)97-84-46-38-62(58-22-7-3-8-23-58)51-76(84)77-52-63(39-47-85(77)97)59-24-9-4-10-25-59)96-90(95-88)81-56-70(43-45-74(81)75-35-18-20-37-83(75)93-2)98-86-48-40-64(60-26-11-5-12-27-60)53-78(86)79-54-65(41-49-87(79)98)61-28-13-6-14-29-61/h3-56H.